The van der Waals surface area contributed by atoms with E-state index in [-0.39, 0.29) is 12.1 Å². The molecular weight excluding hydrogens is 494 g/mol. The number of anilines is 2. The number of thioether (sulfide) groups is 1. The molecular formula is C28H32ClN3O3S. The highest BCUT2D eigenvalue weighted by atomic mass is 35.5. The summed E-state index contributed by atoms with van der Waals surface area (Å²) in [5.41, 5.74) is 5.11. The molecule has 4 rings (SSSR count). The van der Waals surface area contributed by atoms with Crippen molar-refractivity contribution < 1.29 is 14.4 Å². The van der Waals surface area contributed by atoms with Crippen molar-refractivity contribution in [2.75, 3.05) is 23.3 Å². The SMILES string of the molecule is CCCN1c2cc(C)c(/C=C3/SC(=O)N(CC(=O)Nc4ccc(Cl)cc4)C3=O)cc2C(C)CC1(C)C. The zero-order chi connectivity index (χ0) is 26.2. The monoisotopic (exact) mass is 525 g/mol. The molecule has 2 aromatic rings. The fraction of sp³-hybridized carbons (Fsp3) is 0.393. The van der Waals surface area contributed by atoms with E-state index in [9.17, 15) is 14.4 Å². The van der Waals surface area contributed by atoms with E-state index in [1.165, 1.54) is 11.3 Å². The Morgan fingerprint density at radius 3 is 2.58 bits per heavy atom. The average molecular weight is 526 g/mol. The van der Waals surface area contributed by atoms with Crippen LogP contribution in [0.4, 0.5) is 16.2 Å². The molecule has 1 fully saturated rings. The maximum atomic E-state index is 13.0. The van der Waals surface area contributed by atoms with Crippen LogP contribution in [0.15, 0.2) is 41.3 Å². The quantitative estimate of drug-likeness (QED) is 0.419. The summed E-state index contributed by atoms with van der Waals surface area (Å²) >= 11 is 6.75. The van der Waals surface area contributed by atoms with Crippen molar-refractivity contribution in [1.29, 1.82) is 0 Å². The highest BCUT2D eigenvalue weighted by molar-refractivity contribution is 8.18. The number of nitrogens with zero attached hydrogens (tertiary/aromatic N) is 2. The lowest BCUT2D eigenvalue weighted by molar-refractivity contribution is -0.127. The Morgan fingerprint density at radius 1 is 1.22 bits per heavy atom. The third-order valence-corrected chi connectivity index (χ3v) is 7.97. The number of amides is 3. The molecule has 0 saturated carbocycles. The average Bonchev–Trinajstić information content (AvgIpc) is 3.06. The van der Waals surface area contributed by atoms with E-state index in [4.69, 9.17) is 11.6 Å². The minimum absolute atomic E-state index is 0.0750. The van der Waals surface area contributed by atoms with Crippen molar-refractivity contribution in [3.63, 3.8) is 0 Å². The van der Waals surface area contributed by atoms with Gasteiger partial charge in [0.1, 0.15) is 6.54 Å². The Morgan fingerprint density at radius 2 is 1.92 bits per heavy atom. The van der Waals surface area contributed by atoms with Crippen LogP contribution < -0.4 is 10.2 Å². The van der Waals surface area contributed by atoms with Crippen LogP contribution in [0.3, 0.4) is 0 Å². The summed E-state index contributed by atoms with van der Waals surface area (Å²) in [6.07, 6.45) is 3.90. The topological polar surface area (TPSA) is 69.7 Å². The number of aryl methyl sites for hydroxylation is 1. The summed E-state index contributed by atoms with van der Waals surface area (Å²) in [4.78, 5) is 41.9. The fourth-order valence-corrected chi connectivity index (χ4v) is 6.06. The first-order valence-corrected chi connectivity index (χ1v) is 13.4. The molecule has 2 aliphatic heterocycles. The van der Waals surface area contributed by atoms with Gasteiger partial charge in [-0.3, -0.25) is 19.3 Å². The molecule has 2 aromatic carbocycles. The van der Waals surface area contributed by atoms with Crippen LogP contribution in [-0.2, 0) is 9.59 Å². The predicted molar refractivity (Wildman–Crippen MR) is 149 cm³/mol. The van der Waals surface area contributed by atoms with Crippen LogP contribution in [0.25, 0.3) is 6.08 Å². The van der Waals surface area contributed by atoms with E-state index in [0.717, 1.165) is 47.2 Å². The van der Waals surface area contributed by atoms with Gasteiger partial charge in [0.15, 0.2) is 0 Å². The standard InChI is InChI=1S/C28H32ClN3O3S/c1-6-11-32-23-12-17(2)19(13-22(23)18(3)15-28(32,4)5)14-24-26(34)31(27(35)36-24)16-25(33)30-21-9-7-20(29)8-10-21/h7-10,12-14,18H,6,11,15-16H2,1-5H3,(H,30,33)/b24-14+. The first-order chi connectivity index (χ1) is 17.0. The second-order valence-electron chi connectivity index (χ2n) is 10.2. The zero-order valence-corrected chi connectivity index (χ0v) is 22.9. The van der Waals surface area contributed by atoms with Gasteiger partial charge in [0, 0.05) is 28.5 Å². The Kier molecular flexibility index (Phi) is 7.53. The minimum atomic E-state index is -0.449. The predicted octanol–water partition coefficient (Wildman–Crippen LogP) is 6.83. The van der Waals surface area contributed by atoms with E-state index >= 15 is 0 Å². The molecule has 1 saturated heterocycles. The molecule has 0 bridgehead atoms. The summed E-state index contributed by atoms with van der Waals surface area (Å²) in [7, 11) is 0. The maximum Gasteiger partial charge on any atom is 0.294 e. The van der Waals surface area contributed by atoms with Gasteiger partial charge in [-0.15, -0.1) is 0 Å². The van der Waals surface area contributed by atoms with E-state index < -0.39 is 17.1 Å². The van der Waals surface area contributed by atoms with Crippen molar-refractivity contribution in [3.8, 4) is 0 Å². The van der Waals surface area contributed by atoms with E-state index in [1.807, 2.05) is 6.92 Å². The van der Waals surface area contributed by atoms with Gasteiger partial charge < -0.3 is 10.2 Å². The molecule has 0 aliphatic carbocycles. The smallest absolute Gasteiger partial charge is 0.294 e. The van der Waals surface area contributed by atoms with Crippen molar-refractivity contribution in [2.24, 2.45) is 0 Å². The molecule has 3 amide bonds. The number of fused-ring (bicyclic) bond motifs is 1. The Bertz CT molecular complexity index is 1240. The molecule has 0 aromatic heterocycles. The number of carbonyl (C=O) groups excluding carboxylic acids is 3. The van der Waals surface area contributed by atoms with Crippen LogP contribution in [-0.4, -0.2) is 40.6 Å². The highest BCUT2D eigenvalue weighted by Gasteiger charge is 2.38. The van der Waals surface area contributed by atoms with Gasteiger partial charge in [-0.05, 0) is 110 Å². The summed E-state index contributed by atoms with van der Waals surface area (Å²) in [6, 6.07) is 11.0. The largest absolute Gasteiger partial charge is 0.366 e. The second kappa shape index (κ2) is 10.3. The molecule has 1 atom stereocenters. The molecule has 6 nitrogen and oxygen atoms in total. The normalized spacial score (nSPS) is 20.2. The van der Waals surface area contributed by atoms with Gasteiger partial charge in [0.05, 0.1) is 4.91 Å². The Labute approximate surface area is 222 Å². The maximum absolute atomic E-state index is 13.0. The van der Waals surface area contributed by atoms with Crippen LogP contribution in [0, 0.1) is 6.92 Å². The lowest BCUT2D eigenvalue weighted by Crippen LogP contribution is -2.48. The lowest BCUT2D eigenvalue weighted by Gasteiger charge is -2.48. The highest BCUT2D eigenvalue weighted by Crippen LogP contribution is 2.45. The minimum Gasteiger partial charge on any atom is -0.366 e. The Hall–Kier alpha value is -2.77. The van der Waals surface area contributed by atoms with Crippen molar-refractivity contribution >= 4 is 57.9 Å². The molecule has 2 aliphatic rings. The third kappa shape index (κ3) is 5.32. The first kappa shape index (κ1) is 26.3. The summed E-state index contributed by atoms with van der Waals surface area (Å²) in [5.74, 6) is -0.518. The molecule has 8 heteroatoms. The molecule has 36 heavy (non-hydrogen) atoms. The molecule has 0 spiro atoms. The summed E-state index contributed by atoms with van der Waals surface area (Å²) < 4.78 is 0. The number of carbonyl (C=O) groups is 3. The number of hydrogen-bond acceptors (Lipinski definition) is 5. The van der Waals surface area contributed by atoms with Gasteiger partial charge in [0.25, 0.3) is 11.1 Å². The lowest BCUT2D eigenvalue weighted by atomic mass is 9.79. The molecule has 0 radical (unpaired) electrons. The molecule has 2 heterocycles. The van der Waals surface area contributed by atoms with Crippen LogP contribution in [0.1, 0.15) is 63.1 Å². The van der Waals surface area contributed by atoms with Gasteiger partial charge in [-0.25, -0.2) is 0 Å². The molecule has 190 valence electrons. The van der Waals surface area contributed by atoms with Crippen LogP contribution in [0.2, 0.25) is 5.02 Å². The van der Waals surface area contributed by atoms with Gasteiger partial charge in [0.2, 0.25) is 5.91 Å². The first-order valence-electron chi connectivity index (χ1n) is 12.2. The van der Waals surface area contributed by atoms with E-state index in [1.54, 1.807) is 30.3 Å². The van der Waals surface area contributed by atoms with Crippen molar-refractivity contribution in [3.05, 3.63) is 63.0 Å². The number of nitrogens with one attached hydrogen (secondary N) is 1. The number of benzene rings is 2. The summed E-state index contributed by atoms with van der Waals surface area (Å²) in [6.45, 7) is 11.7. The molecule has 1 unspecified atom stereocenters. The fourth-order valence-electron chi connectivity index (χ4n) is 5.11. The van der Waals surface area contributed by atoms with Crippen molar-refractivity contribution in [1.82, 2.24) is 4.90 Å². The van der Waals surface area contributed by atoms with Gasteiger partial charge in [-0.2, -0.15) is 0 Å². The third-order valence-electron chi connectivity index (χ3n) is 6.81. The van der Waals surface area contributed by atoms with Gasteiger partial charge in [-0.1, -0.05) is 25.4 Å². The van der Waals surface area contributed by atoms with Crippen LogP contribution in [0.5, 0.6) is 0 Å². The number of imide groups is 1. The zero-order valence-electron chi connectivity index (χ0n) is 21.4. The second-order valence-corrected chi connectivity index (χ2v) is 11.6. The number of halogens is 1. The van der Waals surface area contributed by atoms with Crippen molar-refractivity contribution in [2.45, 2.75) is 58.9 Å². The van der Waals surface area contributed by atoms with E-state index in [2.05, 4.69) is 50.0 Å². The Balaban J connectivity index is 1.55. The molecule has 1 N–H and O–H groups in total. The summed E-state index contributed by atoms with van der Waals surface area (Å²) in [5, 5.41) is 2.80. The van der Waals surface area contributed by atoms with E-state index in [0.29, 0.717) is 21.5 Å². The number of hydrogen-bond donors (Lipinski definition) is 1. The van der Waals surface area contributed by atoms with Gasteiger partial charge >= 0.3 is 0 Å². The number of rotatable bonds is 6. The van der Waals surface area contributed by atoms with Crippen LogP contribution >= 0.6 is 23.4 Å².